The molecule has 0 saturated carbocycles. The molecule has 0 spiro atoms. The normalized spacial score (nSPS) is 18.1. The molecule has 1 aromatic heterocycles. The van der Waals surface area contributed by atoms with Gasteiger partial charge in [-0.05, 0) is 12.5 Å². The quantitative estimate of drug-likeness (QED) is 0.825. The fourth-order valence-electron chi connectivity index (χ4n) is 3.15. The largest absolute Gasteiger partial charge is 0.375 e. The van der Waals surface area contributed by atoms with E-state index in [2.05, 4.69) is 21.0 Å². The standard InChI is InChI=1S/C15H25N5O2.2ClH/c1-22-12-15(21)19-5-2-4-18(7-8-19)11-13-9-14-10-16-3-6-20(14)17-13;;/h9,16H,2-8,10-12H2,1H3;2*1H. The predicted molar refractivity (Wildman–Crippen MR) is 96.8 cm³/mol. The first kappa shape index (κ1) is 21.2. The van der Waals surface area contributed by atoms with Crippen molar-refractivity contribution in [3.8, 4) is 0 Å². The Kier molecular flexibility index (Phi) is 9.01. The summed E-state index contributed by atoms with van der Waals surface area (Å²) in [6, 6.07) is 2.20. The lowest BCUT2D eigenvalue weighted by Crippen LogP contribution is -2.37. The summed E-state index contributed by atoms with van der Waals surface area (Å²) in [6.45, 7) is 7.41. The van der Waals surface area contributed by atoms with E-state index in [1.54, 1.807) is 7.11 Å². The van der Waals surface area contributed by atoms with Crippen LogP contribution in [0.5, 0.6) is 0 Å². The Morgan fingerprint density at radius 3 is 2.83 bits per heavy atom. The Hall–Kier alpha value is -0.860. The Balaban J connectivity index is 0.00000144. The van der Waals surface area contributed by atoms with Gasteiger partial charge in [-0.3, -0.25) is 14.4 Å². The van der Waals surface area contributed by atoms with E-state index in [1.807, 2.05) is 4.90 Å². The maximum atomic E-state index is 11.9. The van der Waals surface area contributed by atoms with Crippen LogP contribution in [0.4, 0.5) is 0 Å². The SMILES string of the molecule is COCC(=O)N1CCCN(Cc2cc3n(n2)CCNC3)CC1.Cl.Cl. The molecule has 0 aromatic carbocycles. The van der Waals surface area contributed by atoms with E-state index in [1.165, 1.54) is 5.69 Å². The summed E-state index contributed by atoms with van der Waals surface area (Å²) in [5.41, 5.74) is 2.41. The van der Waals surface area contributed by atoms with Crippen LogP contribution < -0.4 is 5.32 Å². The van der Waals surface area contributed by atoms with Crippen molar-refractivity contribution >= 4 is 30.7 Å². The first-order valence-corrected chi connectivity index (χ1v) is 8.01. The summed E-state index contributed by atoms with van der Waals surface area (Å²) in [4.78, 5) is 16.2. The number of methoxy groups -OCH3 is 1. The third kappa shape index (κ3) is 5.32. The molecule has 1 fully saturated rings. The van der Waals surface area contributed by atoms with Crippen LogP contribution in [-0.4, -0.2) is 71.9 Å². The summed E-state index contributed by atoms with van der Waals surface area (Å²) in [5, 5.41) is 8.06. The van der Waals surface area contributed by atoms with Crippen molar-refractivity contribution in [2.24, 2.45) is 0 Å². The average molecular weight is 380 g/mol. The Morgan fingerprint density at radius 2 is 2.08 bits per heavy atom. The zero-order valence-electron chi connectivity index (χ0n) is 14.1. The zero-order chi connectivity index (χ0) is 15.4. The van der Waals surface area contributed by atoms with Gasteiger partial charge in [0.15, 0.2) is 0 Å². The number of hydrogen-bond donors (Lipinski definition) is 1. The van der Waals surface area contributed by atoms with Crippen molar-refractivity contribution in [1.82, 2.24) is 24.9 Å². The highest BCUT2D eigenvalue weighted by molar-refractivity contribution is 5.85. The molecule has 0 unspecified atom stereocenters. The Bertz CT molecular complexity index is 502. The Labute approximate surface area is 155 Å². The number of nitrogens with one attached hydrogen (secondary N) is 1. The zero-order valence-corrected chi connectivity index (χ0v) is 15.7. The fourth-order valence-corrected chi connectivity index (χ4v) is 3.15. The topological polar surface area (TPSA) is 62.6 Å². The van der Waals surface area contributed by atoms with Gasteiger partial charge in [0.25, 0.3) is 0 Å². The van der Waals surface area contributed by atoms with Gasteiger partial charge in [0.1, 0.15) is 6.61 Å². The number of nitrogens with zero attached hydrogens (tertiary/aromatic N) is 4. The Morgan fingerprint density at radius 1 is 1.25 bits per heavy atom. The summed E-state index contributed by atoms with van der Waals surface area (Å²) in [5.74, 6) is 0.0906. The molecule has 1 N–H and O–H groups in total. The highest BCUT2D eigenvalue weighted by Gasteiger charge is 2.20. The molecule has 0 radical (unpaired) electrons. The average Bonchev–Trinajstić information content (AvgIpc) is 2.77. The monoisotopic (exact) mass is 379 g/mol. The number of ether oxygens (including phenoxy) is 1. The van der Waals surface area contributed by atoms with E-state index in [0.29, 0.717) is 0 Å². The molecule has 0 atom stereocenters. The van der Waals surface area contributed by atoms with Gasteiger partial charge in [0, 0.05) is 52.9 Å². The molecular formula is C15H27Cl2N5O2. The second kappa shape index (κ2) is 10.2. The first-order valence-electron chi connectivity index (χ1n) is 8.01. The van der Waals surface area contributed by atoms with E-state index >= 15 is 0 Å². The van der Waals surface area contributed by atoms with E-state index < -0.39 is 0 Å². The number of rotatable bonds is 4. The minimum absolute atomic E-state index is 0. The summed E-state index contributed by atoms with van der Waals surface area (Å²) >= 11 is 0. The highest BCUT2D eigenvalue weighted by Crippen LogP contribution is 2.12. The molecule has 0 bridgehead atoms. The molecule has 138 valence electrons. The van der Waals surface area contributed by atoms with Gasteiger partial charge in [-0.1, -0.05) is 0 Å². The fraction of sp³-hybridized carbons (Fsp3) is 0.733. The van der Waals surface area contributed by atoms with E-state index in [-0.39, 0.29) is 37.3 Å². The van der Waals surface area contributed by atoms with Crippen LogP contribution in [0.2, 0.25) is 0 Å². The molecule has 3 rings (SSSR count). The number of carbonyl (C=O) groups excluding carboxylic acids is 1. The third-order valence-electron chi connectivity index (χ3n) is 4.32. The molecule has 1 amide bonds. The van der Waals surface area contributed by atoms with Crippen LogP contribution in [0.3, 0.4) is 0 Å². The van der Waals surface area contributed by atoms with E-state index in [9.17, 15) is 4.79 Å². The lowest BCUT2D eigenvalue weighted by Gasteiger charge is -2.21. The van der Waals surface area contributed by atoms with Crippen LogP contribution in [0.1, 0.15) is 17.8 Å². The molecule has 7 nitrogen and oxygen atoms in total. The van der Waals surface area contributed by atoms with Crippen LogP contribution in [0, 0.1) is 0 Å². The predicted octanol–water partition coefficient (Wildman–Crippen LogP) is 0.511. The van der Waals surface area contributed by atoms with Crippen LogP contribution in [0.25, 0.3) is 0 Å². The summed E-state index contributed by atoms with van der Waals surface area (Å²) in [6.07, 6.45) is 1.00. The molecule has 24 heavy (non-hydrogen) atoms. The van der Waals surface area contributed by atoms with Crippen LogP contribution >= 0.6 is 24.8 Å². The summed E-state index contributed by atoms with van der Waals surface area (Å²) in [7, 11) is 1.57. The van der Waals surface area contributed by atoms with Crippen molar-refractivity contribution in [2.75, 3.05) is 46.4 Å². The molecule has 2 aliphatic heterocycles. The molecular weight excluding hydrogens is 353 g/mol. The van der Waals surface area contributed by atoms with Crippen molar-refractivity contribution in [3.05, 3.63) is 17.5 Å². The van der Waals surface area contributed by atoms with E-state index in [4.69, 9.17) is 9.84 Å². The van der Waals surface area contributed by atoms with Crippen LogP contribution in [0.15, 0.2) is 6.07 Å². The van der Waals surface area contributed by atoms with Gasteiger partial charge in [0.05, 0.1) is 17.9 Å². The molecule has 9 heteroatoms. The van der Waals surface area contributed by atoms with Gasteiger partial charge < -0.3 is 15.0 Å². The number of amides is 1. The number of halogens is 2. The van der Waals surface area contributed by atoms with Crippen molar-refractivity contribution in [1.29, 1.82) is 0 Å². The number of aromatic nitrogens is 2. The van der Waals surface area contributed by atoms with Crippen molar-refractivity contribution in [2.45, 2.75) is 26.1 Å². The smallest absolute Gasteiger partial charge is 0.248 e. The molecule has 1 saturated heterocycles. The maximum absolute atomic E-state index is 11.9. The molecule has 2 aliphatic rings. The van der Waals surface area contributed by atoms with E-state index in [0.717, 1.165) is 64.5 Å². The van der Waals surface area contributed by atoms with Crippen molar-refractivity contribution in [3.63, 3.8) is 0 Å². The third-order valence-corrected chi connectivity index (χ3v) is 4.32. The lowest BCUT2D eigenvalue weighted by molar-refractivity contribution is -0.135. The second-order valence-corrected chi connectivity index (χ2v) is 5.97. The lowest BCUT2D eigenvalue weighted by atomic mass is 10.3. The number of hydrogen-bond acceptors (Lipinski definition) is 5. The van der Waals surface area contributed by atoms with Gasteiger partial charge in [-0.2, -0.15) is 5.10 Å². The molecule has 3 heterocycles. The highest BCUT2D eigenvalue weighted by atomic mass is 35.5. The van der Waals surface area contributed by atoms with Gasteiger partial charge in [-0.25, -0.2) is 0 Å². The molecule has 0 aliphatic carbocycles. The first-order chi connectivity index (χ1) is 10.8. The maximum Gasteiger partial charge on any atom is 0.248 e. The van der Waals surface area contributed by atoms with Gasteiger partial charge in [-0.15, -0.1) is 24.8 Å². The summed E-state index contributed by atoms with van der Waals surface area (Å²) < 4.78 is 7.05. The number of fused-ring (bicyclic) bond motifs is 1. The van der Waals surface area contributed by atoms with Crippen LogP contribution in [-0.2, 0) is 29.2 Å². The minimum Gasteiger partial charge on any atom is -0.375 e. The van der Waals surface area contributed by atoms with Gasteiger partial charge in [0.2, 0.25) is 5.91 Å². The minimum atomic E-state index is 0. The second-order valence-electron chi connectivity index (χ2n) is 5.97. The molecule has 1 aromatic rings. The van der Waals surface area contributed by atoms with Gasteiger partial charge >= 0.3 is 0 Å². The number of carbonyl (C=O) groups is 1. The van der Waals surface area contributed by atoms with Crippen molar-refractivity contribution < 1.29 is 9.53 Å².